The van der Waals surface area contributed by atoms with Crippen LogP contribution in [0.15, 0.2) is 203 Å². The van der Waals surface area contributed by atoms with Crippen LogP contribution in [0.25, 0.3) is 111 Å². The summed E-state index contributed by atoms with van der Waals surface area (Å²) in [5, 5.41) is 4.35. The minimum atomic E-state index is 0.867. The quantitative estimate of drug-likeness (QED) is 0.172. The van der Waals surface area contributed by atoms with E-state index in [2.05, 4.69) is 168 Å². The van der Waals surface area contributed by atoms with E-state index in [4.69, 9.17) is 8.83 Å². The van der Waals surface area contributed by atoms with E-state index < -0.39 is 0 Å². The molecule has 0 aliphatic heterocycles. The lowest BCUT2D eigenvalue weighted by Crippen LogP contribution is -1.86. The number of fused-ring (bicyclic) bond motifs is 6. The minimum absolute atomic E-state index is 0.867. The van der Waals surface area contributed by atoms with E-state index in [1.165, 1.54) is 0 Å². The number of benzene rings is 7. The third kappa shape index (κ3) is 5.39. The Morgan fingerprint density at radius 1 is 0.268 bits per heavy atom. The van der Waals surface area contributed by atoms with Crippen LogP contribution in [0.3, 0.4) is 0 Å². The molecule has 4 aromatic heterocycles. The van der Waals surface area contributed by atoms with Gasteiger partial charge in [0.2, 0.25) is 0 Å². The van der Waals surface area contributed by atoms with Crippen LogP contribution in [0.4, 0.5) is 0 Å². The van der Waals surface area contributed by atoms with Crippen molar-refractivity contribution < 1.29 is 8.83 Å². The maximum absolute atomic E-state index is 6.39. The van der Waals surface area contributed by atoms with Crippen molar-refractivity contribution in [1.82, 2.24) is 9.97 Å². The summed E-state index contributed by atoms with van der Waals surface area (Å²) < 4.78 is 12.8. The van der Waals surface area contributed by atoms with Gasteiger partial charge in [-0.15, -0.1) is 0 Å². The molecule has 0 fully saturated rings. The van der Waals surface area contributed by atoms with Crippen molar-refractivity contribution in [3.8, 4) is 66.8 Å². The molecule has 4 heteroatoms. The van der Waals surface area contributed by atoms with Gasteiger partial charge in [-0.2, -0.15) is 0 Å². The smallest absolute Gasteiger partial charge is 0.135 e. The van der Waals surface area contributed by atoms with Crippen LogP contribution in [0, 0.1) is 0 Å². The van der Waals surface area contributed by atoms with Crippen LogP contribution in [-0.4, -0.2) is 9.97 Å². The maximum Gasteiger partial charge on any atom is 0.135 e. The second-order valence-electron chi connectivity index (χ2n) is 14.2. The van der Waals surface area contributed by atoms with Gasteiger partial charge in [-0.3, -0.25) is 9.97 Å². The number of rotatable bonds is 6. The molecular formula is C52H32N2O2. The first-order valence-electron chi connectivity index (χ1n) is 18.8. The molecule has 4 nitrogen and oxygen atoms in total. The standard InChI is InChI=1S/C52H32N2O2/c1-2-12-40(34-18-22-50-46(28-34)48-30-36(20-24-52(48)56-50)42-14-4-6-16-44(42)38-10-8-26-54-32-38)39(11-1)33-17-21-49-45(27-33)47-29-35(19-23-51(47)55-49)41-13-3-5-15-43(41)37-9-7-25-53-31-37/h1-32H. The lowest BCUT2D eigenvalue weighted by atomic mass is 9.92. The molecule has 4 heterocycles. The molecule has 7 aromatic carbocycles. The first-order valence-corrected chi connectivity index (χ1v) is 18.8. The van der Waals surface area contributed by atoms with Gasteiger partial charge >= 0.3 is 0 Å². The summed E-state index contributed by atoms with van der Waals surface area (Å²) in [7, 11) is 0. The Morgan fingerprint density at radius 2 is 0.554 bits per heavy atom. The van der Waals surface area contributed by atoms with Gasteiger partial charge in [-0.1, -0.05) is 109 Å². The summed E-state index contributed by atoms with van der Waals surface area (Å²) in [6.45, 7) is 0. The third-order valence-corrected chi connectivity index (χ3v) is 10.9. The monoisotopic (exact) mass is 716 g/mol. The van der Waals surface area contributed by atoms with Crippen LogP contribution in [0.2, 0.25) is 0 Å². The molecule has 11 aromatic rings. The molecular weight excluding hydrogens is 685 g/mol. The fraction of sp³-hybridized carbons (Fsp3) is 0. The molecule has 0 aliphatic rings. The van der Waals surface area contributed by atoms with E-state index in [0.29, 0.717) is 0 Å². The summed E-state index contributed by atoms with van der Waals surface area (Å²) in [4.78, 5) is 8.75. The molecule has 0 amide bonds. The summed E-state index contributed by atoms with van der Waals surface area (Å²) in [5.74, 6) is 0. The van der Waals surface area contributed by atoms with E-state index in [1.807, 2.05) is 36.9 Å². The van der Waals surface area contributed by atoms with Gasteiger partial charge in [0, 0.05) is 57.5 Å². The average Bonchev–Trinajstić information content (AvgIpc) is 3.84. The summed E-state index contributed by atoms with van der Waals surface area (Å²) in [6, 6.07) is 59.9. The number of hydrogen-bond acceptors (Lipinski definition) is 4. The van der Waals surface area contributed by atoms with Crippen LogP contribution in [0.1, 0.15) is 0 Å². The van der Waals surface area contributed by atoms with Gasteiger partial charge in [-0.05, 0) is 116 Å². The lowest BCUT2D eigenvalue weighted by Gasteiger charge is -2.11. The predicted octanol–water partition coefficient (Wildman–Crippen LogP) is 14.3. The van der Waals surface area contributed by atoms with E-state index in [1.54, 1.807) is 0 Å². The summed E-state index contributed by atoms with van der Waals surface area (Å²) in [6.07, 6.45) is 7.46. The van der Waals surface area contributed by atoms with Gasteiger partial charge in [0.15, 0.2) is 0 Å². The topological polar surface area (TPSA) is 52.1 Å². The summed E-state index contributed by atoms with van der Waals surface area (Å²) in [5.41, 5.74) is 17.1. The van der Waals surface area contributed by atoms with Gasteiger partial charge < -0.3 is 8.83 Å². The normalized spacial score (nSPS) is 11.6. The van der Waals surface area contributed by atoms with E-state index in [0.717, 1.165) is 111 Å². The Hall–Kier alpha value is -7.56. The van der Waals surface area contributed by atoms with Gasteiger partial charge in [0.05, 0.1) is 0 Å². The zero-order chi connectivity index (χ0) is 37.0. The summed E-state index contributed by atoms with van der Waals surface area (Å²) >= 11 is 0. The largest absolute Gasteiger partial charge is 0.456 e. The molecule has 0 aliphatic carbocycles. The van der Waals surface area contributed by atoms with Crippen LogP contribution >= 0.6 is 0 Å². The first-order chi connectivity index (χ1) is 27.7. The number of aromatic nitrogens is 2. The second-order valence-corrected chi connectivity index (χ2v) is 14.2. The number of pyridine rings is 2. The molecule has 0 atom stereocenters. The number of furan rings is 2. The number of nitrogens with zero attached hydrogens (tertiary/aromatic N) is 2. The minimum Gasteiger partial charge on any atom is -0.456 e. The third-order valence-electron chi connectivity index (χ3n) is 10.9. The molecule has 0 bridgehead atoms. The van der Waals surface area contributed by atoms with Crippen molar-refractivity contribution in [2.45, 2.75) is 0 Å². The zero-order valence-electron chi connectivity index (χ0n) is 30.2. The SMILES string of the molecule is c1cncc(-c2ccccc2-c2ccc3oc4ccc(-c5ccccc5-c5ccc6oc7ccc(-c8ccccc8-c8cccnc8)cc7c6c5)cc4c3c2)c1. The van der Waals surface area contributed by atoms with Crippen LogP contribution < -0.4 is 0 Å². The van der Waals surface area contributed by atoms with Crippen molar-refractivity contribution in [1.29, 1.82) is 0 Å². The Labute approximate surface area is 323 Å². The average molecular weight is 717 g/mol. The first kappa shape index (κ1) is 31.9. The maximum atomic E-state index is 6.39. The molecule has 0 saturated heterocycles. The molecule has 56 heavy (non-hydrogen) atoms. The Bertz CT molecular complexity index is 3030. The number of hydrogen-bond donors (Lipinski definition) is 0. The molecule has 11 rings (SSSR count). The fourth-order valence-electron chi connectivity index (χ4n) is 8.23. The van der Waals surface area contributed by atoms with Crippen molar-refractivity contribution in [2.75, 3.05) is 0 Å². The van der Waals surface area contributed by atoms with Gasteiger partial charge in [-0.25, -0.2) is 0 Å². The van der Waals surface area contributed by atoms with Crippen molar-refractivity contribution >= 4 is 43.9 Å². The van der Waals surface area contributed by atoms with Crippen molar-refractivity contribution in [2.24, 2.45) is 0 Å². The molecule has 262 valence electrons. The highest BCUT2D eigenvalue weighted by Crippen LogP contribution is 2.42. The fourth-order valence-corrected chi connectivity index (χ4v) is 8.23. The van der Waals surface area contributed by atoms with E-state index >= 15 is 0 Å². The van der Waals surface area contributed by atoms with Crippen molar-refractivity contribution in [3.05, 3.63) is 195 Å². The molecule has 0 unspecified atom stereocenters. The predicted molar refractivity (Wildman–Crippen MR) is 229 cm³/mol. The second kappa shape index (κ2) is 13.1. The molecule has 0 saturated carbocycles. The Morgan fingerprint density at radius 3 is 0.821 bits per heavy atom. The van der Waals surface area contributed by atoms with Gasteiger partial charge in [0.25, 0.3) is 0 Å². The van der Waals surface area contributed by atoms with E-state index in [-0.39, 0.29) is 0 Å². The van der Waals surface area contributed by atoms with Crippen molar-refractivity contribution in [3.63, 3.8) is 0 Å². The Kier molecular flexibility index (Phi) is 7.46. The van der Waals surface area contributed by atoms with Crippen LogP contribution in [-0.2, 0) is 0 Å². The molecule has 0 N–H and O–H groups in total. The lowest BCUT2D eigenvalue weighted by molar-refractivity contribution is 0.668. The van der Waals surface area contributed by atoms with Crippen LogP contribution in [0.5, 0.6) is 0 Å². The zero-order valence-corrected chi connectivity index (χ0v) is 30.2. The molecule has 0 spiro atoms. The Balaban J connectivity index is 1.01. The highest BCUT2D eigenvalue weighted by atomic mass is 16.3. The molecule has 0 radical (unpaired) electrons. The highest BCUT2D eigenvalue weighted by Gasteiger charge is 2.17. The van der Waals surface area contributed by atoms with Gasteiger partial charge in [0.1, 0.15) is 22.3 Å². The highest BCUT2D eigenvalue weighted by molar-refractivity contribution is 6.10. The van der Waals surface area contributed by atoms with E-state index in [9.17, 15) is 0 Å².